The number of amides is 1. The third kappa shape index (κ3) is 3.14. The van der Waals surface area contributed by atoms with Crippen LogP contribution in [0, 0.1) is 0 Å². The van der Waals surface area contributed by atoms with Crippen molar-refractivity contribution in [1.82, 2.24) is 10.2 Å². The topological polar surface area (TPSA) is 53.9 Å². The van der Waals surface area contributed by atoms with E-state index in [4.69, 9.17) is 4.74 Å². The second-order valence-electron chi connectivity index (χ2n) is 7.74. The average Bonchev–Trinajstić information content (AvgIpc) is 2.94. The molecule has 1 aliphatic carbocycles. The zero-order valence-electron chi connectivity index (χ0n) is 15.3. The molecule has 5 nitrogen and oxygen atoms in total. The lowest BCUT2D eigenvalue weighted by Gasteiger charge is -2.26. The van der Waals surface area contributed by atoms with Crippen LogP contribution in [0.15, 0.2) is 27.5 Å². The van der Waals surface area contributed by atoms with Crippen LogP contribution >= 0.6 is 0 Å². The van der Waals surface area contributed by atoms with Gasteiger partial charge in [-0.1, -0.05) is 5.57 Å². The van der Waals surface area contributed by atoms with E-state index in [-0.39, 0.29) is 23.6 Å². The van der Waals surface area contributed by atoms with E-state index in [1.165, 1.54) is 0 Å². The number of nitrogens with one attached hydrogen (secondary N) is 1. The maximum Gasteiger partial charge on any atom is 0.254 e. The van der Waals surface area contributed by atoms with E-state index in [1.54, 1.807) is 0 Å². The van der Waals surface area contributed by atoms with Crippen LogP contribution in [0.4, 0.5) is 0 Å². The minimum atomic E-state index is 0.103. The zero-order valence-corrected chi connectivity index (χ0v) is 15.3. The summed E-state index contributed by atoms with van der Waals surface area (Å²) in [5, 5.41) is 3.46. The molecule has 24 heavy (non-hydrogen) atoms. The van der Waals surface area contributed by atoms with Gasteiger partial charge in [0.25, 0.3) is 5.91 Å². The molecule has 2 atom stereocenters. The first-order valence-electron chi connectivity index (χ1n) is 8.92. The van der Waals surface area contributed by atoms with E-state index in [0.717, 1.165) is 61.4 Å². The molecule has 2 heterocycles. The monoisotopic (exact) mass is 331 g/mol. The van der Waals surface area contributed by atoms with Gasteiger partial charge in [-0.15, -0.1) is 0 Å². The number of hydrogen-bond donors (Lipinski definition) is 1. The highest BCUT2D eigenvalue weighted by Crippen LogP contribution is 2.37. The van der Waals surface area contributed by atoms with Crippen molar-refractivity contribution >= 4 is 12.6 Å². The highest BCUT2D eigenvalue weighted by Gasteiger charge is 2.42. The van der Waals surface area contributed by atoms with Gasteiger partial charge >= 0.3 is 0 Å². The molecule has 0 unspecified atom stereocenters. The fourth-order valence-corrected chi connectivity index (χ4v) is 3.82. The molecule has 0 radical (unpaired) electrons. The normalized spacial score (nSPS) is 28.1. The Bertz CT molecular complexity index is 612. The quantitative estimate of drug-likeness (QED) is 0.479. The van der Waals surface area contributed by atoms with E-state index in [1.807, 2.05) is 25.7 Å². The van der Waals surface area contributed by atoms with Gasteiger partial charge in [-0.05, 0) is 60.1 Å². The van der Waals surface area contributed by atoms with Crippen molar-refractivity contribution in [3.8, 4) is 0 Å². The SMILES string of the molecule is C=N/C(NC1(C)CC1)=C(\C)C(C(=O)N1CC[C@@H]2OCC[C@@H]21)=C(C)C. The van der Waals surface area contributed by atoms with E-state index < -0.39 is 0 Å². The molecule has 0 bridgehead atoms. The summed E-state index contributed by atoms with van der Waals surface area (Å²) >= 11 is 0. The summed E-state index contributed by atoms with van der Waals surface area (Å²) in [6, 6.07) is 0.230. The Kier molecular flexibility index (Phi) is 4.56. The number of hydrogen-bond acceptors (Lipinski definition) is 4. The first-order valence-corrected chi connectivity index (χ1v) is 8.92. The van der Waals surface area contributed by atoms with Gasteiger partial charge in [0.2, 0.25) is 0 Å². The summed E-state index contributed by atoms with van der Waals surface area (Å²) < 4.78 is 5.74. The Labute approximate surface area is 144 Å². The third-order valence-corrected chi connectivity index (χ3v) is 5.51. The van der Waals surface area contributed by atoms with E-state index in [9.17, 15) is 4.79 Å². The molecular formula is C19H29N3O2. The second-order valence-corrected chi connectivity index (χ2v) is 7.74. The number of ether oxygens (including phenoxy) is 1. The van der Waals surface area contributed by atoms with Gasteiger partial charge in [0.15, 0.2) is 0 Å². The summed E-state index contributed by atoms with van der Waals surface area (Å²) in [6.45, 7) is 13.4. The Morgan fingerprint density at radius 3 is 2.58 bits per heavy atom. The van der Waals surface area contributed by atoms with Crippen molar-refractivity contribution in [3.05, 3.63) is 22.5 Å². The van der Waals surface area contributed by atoms with Gasteiger partial charge in [-0.3, -0.25) is 4.79 Å². The third-order valence-electron chi connectivity index (χ3n) is 5.51. The highest BCUT2D eigenvalue weighted by atomic mass is 16.5. The van der Waals surface area contributed by atoms with Crippen molar-refractivity contribution in [1.29, 1.82) is 0 Å². The summed E-state index contributed by atoms with van der Waals surface area (Å²) in [7, 11) is 0. The fraction of sp³-hybridized carbons (Fsp3) is 0.684. The predicted octanol–water partition coefficient (Wildman–Crippen LogP) is 2.79. The van der Waals surface area contributed by atoms with Crippen molar-refractivity contribution in [2.45, 2.75) is 71.1 Å². The number of likely N-dealkylation sites (tertiary alicyclic amines) is 1. The first kappa shape index (κ1) is 17.2. The molecule has 3 fully saturated rings. The van der Waals surface area contributed by atoms with Gasteiger partial charge in [0.05, 0.1) is 12.1 Å². The average molecular weight is 331 g/mol. The molecule has 1 amide bonds. The van der Waals surface area contributed by atoms with Crippen LogP contribution < -0.4 is 5.32 Å². The van der Waals surface area contributed by atoms with Gasteiger partial charge in [-0.25, -0.2) is 4.99 Å². The summed E-state index contributed by atoms with van der Waals surface area (Å²) in [5.74, 6) is 0.840. The summed E-state index contributed by atoms with van der Waals surface area (Å²) in [6.07, 6.45) is 4.36. The van der Waals surface area contributed by atoms with E-state index >= 15 is 0 Å². The minimum Gasteiger partial charge on any atom is -0.376 e. The standard InChI is InChI=1S/C19H29N3O2/c1-12(2)16(13(3)17(20-5)21-19(4)8-9-19)18(23)22-10-6-15-14(22)7-11-24-15/h14-15,21H,5-11H2,1-4H3/b17-13-/t14-,15-/m0/s1. The van der Waals surface area contributed by atoms with Crippen molar-refractivity contribution in [2.75, 3.05) is 13.2 Å². The molecule has 1 N–H and O–H groups in total. The fourth-order valence-electron chi connectivity index (χ4n) is 3.82. The molecule has 0 aromatic heterocycles. The molecule has 2 saturated heterocycles. The summed E-state index contributed by atoms with van der Waals surface area (Å²) in [4.78, 5) is 19.4. The van der Waals surface area contributed by atoms with Crippen molar-refractivity contribution in [2.24, 2.45) is 4.99 Å². The Balaban J connectivity index is 1.88. The maximum atomic E-state index is 13.3. The molecule has 2 aliphatic heterocycles. The first-order chi connectivity index (χ1) is 11.4. The number of aliphatic imine (C=N–C) groups is 1. The smallest absolute Gasteiger partial charge is 0.254 e. The van der Waals surface area contributed by atoms with Crippen LogP contribution in [0.2, 0.25) is 0 Å². The van der Waals surface area contributed by atoms with Crippen molar-refractivity contribution < 1.29 is 9.53 Å². The minimum absolute atomic E-state index is 0.103. The number of carbonyl (C=O) groups excluding carboxylic acids is 1. The zero-order chi connectivity index (χ0) is 17.5. The van der Waals surface area contributed by atoms with E-state index in [2.05, 4.69) is 24.0 Å². The molecule has 0 spiro atoms. The van der Waals surface area contributed by atoms with Crippen molar-refractivity contribution in [3.63, 3.8) is 0 Å². The Hall–Kier alpha value is -1.62. The molecule has 132 valence electrons. The number of nitrogens with zero attached hydrogens (tertiary/aromatic N) is 2. The Morgan fingerprint density at radius 1 is 1.29 bits per heavy atom. The molecule has 1 saturated carbocycles. The Morgan fingerprint density at radius 2 is 2.00 bits per heavy atom. The number of allylic oxidation sites excluding steroid dienone is 1. The van der Waals surface area contributed by atoms with Crippen LogP contribution in [-0.2, 0) is 9.53 Å². The lowest BCUT2D eigenvalue weighted by molar-refractivity contribution is -0.127. The predicted molar refractivity (Wildman–Crippen MR) is 95.9 cm³/mol. The second kappa shape index (κ2) is 6.36. The summed E-state index contributed by atoms with van der Waals surface area (Å²) in [5.41, 5.74) is 2.78. The molecule has 0 aromatic carbocycles. The van der Waals surface area contributed by atoms with Gasteiger partial charge in [0, 0.05) is 29.8 Å². The van der Waals surface area contributed by atoms with Gasteiger partial charge in [-0.2, -0.15) is 0 Å². The van der Waals surface area contributed by atoms with E-state index in [0.29, 0.717) is 0 Å². The molecule has 3 rings (SSSR count). The van der Waals surface area contributed by atoms with Crippen LogP contribution in [0.3, 0.4) is 0 Å². The molecular weight excluding hydrogens is 302 g/mol. The van der Waals surface area contributed by atoms with Crippen LogP contribution in [0.1, 0.15) is 53.4 Å². The largest absolute Gasteiger partial charge is 0.376 e. The van der Waals surface area contributed by atoms with Gasteiger partial charge in [0.1, 0.15) is 5.82 Å². The van der Waals surface area contributed by atoms with Gasteiger partial charge < -0.3 is 15.0 Å². The molecule has 0 aromatic rings. The maximum absolute atomic E-state index is 13.3. The van der Waals surface area contributed by atoms with Crippen LogP contribution in [0.25, 0.3) is 0 Å². The lowest BCUT2D eigenvalue weighted by atomic mass is 10.00. The number of rotatable bonds is 5. The molecule has 3 aliphatic rings. The number of fused-ring (bicyclic) bond motifs is 1. The lowest BCUT2D eigenvalue weighted by Crippen LogP contribution is -2.39. The number of carbonyl (C=O) groups is 1. The van der Waals surface area contributed by atoms with Crippen LogP contribution in [0.5, 0.6) is 0 Å². The molecule has 5 heteroatoms. The highest BCUT2D eigenvalue weighted by molar-refractivity contribution is 5.99. The van der Waals surface area contributed by atoms with Crippen LogP contribution in [-0.4, -0.2) is 48.4 Å².